The molecule has 4 N–H and O–H groups in total. The van der Waals surface area contributed by atoms with Gasteiger partial charge in [-0.3, -0.25) is 19.4 Å². The molecule has 1 amide bonds. The second-order valence-electron chi connectivity index (χ2n) is 8.49. The molecule has 182 valence electrons. The van der Waals surface area contributed by atoms with Crippen molar-refractivity contribution in [3.63, 3.8) is 0 Å². The Balaban J connectivity index is 1.40. The first kappa shape index (κ1) is 23.7. The molecule has 2 aromatic rings. The topological polar surface area (TPSA) is 157 Å². The van der Waals surface area contributed by atoms with E-state index in [1.807, 2.05) is 6.07 Å². The van der Waals surface area contributed by atoms with Gasteiger partial charge in [0.2, 0.25) is 5.95 Å². The number of nitrogens with two attached hydrogens (primary N) is 1. The fourth-order valence-electron chi connectivity index (χ4n) is 4.53. The first-order valence-corrected chi connectivity index (χ1v) is 11.8. The van der Waals surface area contributed by atoms with Crippen molar-refractivity contribution >= 4 is 40.9 Å². The fourth-order valence-corrected chi connectivity index (χ4v) is 5.51. The third-order valence-corrected chi connectivity index (χ3v) is 7.46. The van der Waals surface area contributed by atoms with Crippen LogP contribution in [-0.2, 0) is 31.9 Å². The molecule has 0 spiro atoms. The molecule has 2 aliphatic rings. The number of rotatable bonds is 6. The number of H-pyrrole nitrogens is 1. The van der Waals surface area contributed by atoms with Gasteiger partial charge in [-0.1, -0.05) is 0 Å². The smallest absolute Gasteiger partial charge is 0.328 e. The van der Waals surface area contributed by atoms with Gasteiger partial charge in [-0.15, -0.1) is 11.3 Å². The fraction of sp³-hybridized carbons (Fsp3) is 0.500. The van der Waals surface area contributed by atoms with Gasteiger partial charge in [-0.05, 0) is 43.7 Å². The number of anilines is 2. The highest BCUT2D eigenvalue weighted by Crippen LogP contribution is 2.30. The number of hydrogen-bond donors (Lipinski definition) is 3. The highest BCUT2D eigenvalue weighted by atomic mass is 32.1. The molecule has 0 saturated carbocycles. The molecular formula is C22H27N5O6S. The maximum atomic E-state index is 13.2. The number of amides is 1. The molecule has 3 atom stereocenters. The third-order valence-electron chi connectivity index (χ3n) is 6.33. The van der Waals surface area contributed by atoms with Crippen LogP contribution in [0, 0.1) is 11.8 Å². The Morgan fingerprint density at radius 2 is 2.00 bits per heavy atom. The van der Waals surface area contributed by atoms with Gasteiger partial charge in [0.1, 0.15) is 11.9 Å². The predicted octanol–water partition coefficient (Wildman–Crippen LogP) is 0.807. The predicted molar refractivity (Wildman–Crippen MR) is 125 cm³/mol. The number of nitrogens with zero attached hydrogens (tertiary/aromatic N) is 2. The van der Waals surface area contributed by atoms with Crippen LogP contribution in [0.25, 0.3) is 0 Å². The number of ether oxygens (including phenoxy) is 2. The largest absolute Gasteiger partial charge is 0.469 e. The molecule has 0 aromatic carbocycles. The van der Waals surface area contributed by atoms with E-state index >= 15 is 0 Å². The highest BCUT2D eigenvalue weighted by Gasteiger charge is 2.44. The van der Waals surface area contributed by atoms with Crippen molar-refractivity contribution in [3.8, 4) is 0 Å². The second kappa shape index (κ2) is 9.84. The molecule has 0 aliphatic carbocycles. The van der Waals surface area contributed by atoms with Crippen LogP contribution < -0.4 is 16.6 Å². The maximum Gasteiger partial charge on any atom is 0.328 e. The Kier molecular flexibility index (Phi) is 6.87. The number of aromatic amines is 1. The molecule has 0 bridgehead atoms. The number of carbonyl (C=O) groups is 3. The number of hydrogen-bond acceptors (Lipinski definition) is 10. The van der Waals surface area contributed by atoms with Crippen LogP contribution in [0.4, 0.5) is 11.8 Å². The number of aromatic nitrogens is 2. The Morgan fingerprint density at radius 1 is 1.24 bits per heavy atom. The first-order valence-electron chi connectivity index (χ1n) is 11.0. The summed E-state index contributed by atoms with van der Waals surface area (Å²) in [7, 11) is 2.55. The Hall–Kier alpha value is -3.41. The number of methoxy groups -OCH3 is 2. The van der Waals surface area contributed by atoms with Crippen LogP contribution in [-0.4, -0.2) is 66.1 Å². The molecule has 11 nitrogen and oxygen atoms in total. The summed E-state index contributed by atoms with van der Waals surface area (Å²) >= 11 is 1.37. The molecule has 2 aliphatic heterocycles. The van der Waals surface area contributed by atoms with Crippen LogP contribution >= 0.6 is 11.3 Å². The van der Waals surface area contributed by atoms with E-state index in [0.29, 0.717) is 29.2 Å². The molecule has 4 rings (SSSR count). The van der Waals surface area contributed by atoms with Gasteiger partial charge in [0.15, 0.2) is 0 Å². The van der Waals surface area contributed by atoms with Gasteiger partial charge in [0.05, 0.1) is 30.6 Å². The van der Waals surface area contributed by atoms with Gasteiger partial charge in [-0.2, -0.15) is 4.98 Å². The Bertz CT molecular complexity index is 1160. The zero-order chi connectivity index (χ0) is 24.4. The second-order valence-corrected chi connectivity index (χ2v) is 9.65. The van der Waals surface area contributed by atoms with E-state index in [1.165, 1.54) is 30.5 Å². The lowest BCUT2D eigenvalue weighted by atomic mass is 9.92. The quantitative estimate of drug-likeness (QED) is 0.500. The summed E-state index contributed by atoms with van der Waals surface area (Å²) in [6.07, 6.45) is 2.35. The minimum absolute atomic E-state index is 0.0934. The molecule has 0 radical (unpaired) electrons. The third kappa shape index (κ3) is 4.76. The van der Waals surface area contributed by atoms with E-state index in [9.17, 15) is 19.2 Å². The summed E-state index contributed by atoms with van der Waals surface area (Å²) in [4.78, 5) is 59.1. The highest BCUT2D eigenvalue weighted by molar-refractivity contribution is 7.14. The minimum Gasteiger partial charge on any atom is -0.469 e. The summed E-state index contributed by atoms with van der Waals surface area (Å²) in [6, 6.07) is 2.83. The first-order chi connectivity index (χ1) is 16.3. The molecule has 2 aromatic heterocycles. The SMILES string of the molecule is COC(=O)C1CC(C(=O)OC)N(C(=O)c2ccc(CCC3CNc4nc(N)[nH]c(=O)c4C3)s2)C1. The lowest BCUT2D eigenvalue weighted by molar-refractivity contribution is -0.145. The van der Waals surface area contributed by atoms with E-state index in [-0.39, 0.29) is 36.3 Å². The van der Waals surface area contributed by atoms with E-state index in [2.05, 4.69) is 15.3 Å². The summed E-state index contributed by atoms with van der Waals surface area (Å²) < 4.78 is 9.63. The van der Waals surface area contributed by atoms with E-state index in [0.717, 1.165) is 17.7 Å². The van der Waals surface area contributed by atoms with E-state index in [1.54, 1.807) is 6.07 Å². The van der Waals surface area contributed by atoms with Crippen molar-refractivity contribution in [1.29, 1.82) is 0 Å². The zero-order valence-corrected chi connectivity index (χ0v) is 19.8. The maximum absolute atomic E-state index is 13.2. The summed E-state index contributed by atoms with van der Waals surface area (Å²) in [5.41, 5.74) is 5.99. The van der Waals surface area contributed by atoms with Gasteiger partial charge in [0.25, 0.3) is 11.5 Å². The number of aryl methyl sites for hydroxylation is 1. The van der Waals surface area contributed by atoms with Gasteiger partial charge >= 0.3 is 11.9 Å². The van der Waals surface area contributed by atoms with Crippen molar-refractivity contribution < 1.29 is 23.9 Å². The average molecular weight is 490 g/mol. The Morgan fingerprint density at radius 3 is 2.74 bits per heavy atom. The van der Waals surface area contributed by atoms with Crippen LogP contribution in [0.3, 0.4) is 0 Å². The normalized spacial score (nSPS) is 21.5. The van der Waals surface area contributed by atoms with Crippen molar-refractivity contribution in [3.05, 3.63) is 37.8 Å². The average Bonchev–Trinajstić information content (AvgIpc) is 3.49. The Labute approximate surface area is 199 Å². The molecule has 4 heterocycles. The van der Waals surface area contributed by atoms with Gasteiger partial charge < -0.3 is 25.4 Å². The number of carbonyl (C=O) groups excluding carboxylic acids is 3. The van der Waals surface area contributed by atoms with Crippen molar-refractivity contribution in [2.24, 2.45) is 11.8 Å². The van der Waals surface area contributed by atoms with Crippen LogP contribution in [0.2, 0.25) is 0 Å². The van der Waals surface area contributed by atoms with Crippen molar-refractivity contribution in [2.45, 2.75) is 31.7 Å². The standard InChI is InChI=1S/C22H27N5O6S/c1-32-20(30)12-8-15(21(31)33-2)27(10-12)19(29)16-6-5-13(34-16)4-3-11-7-14-17(24-9-11)25-22(23)26-18(14)28/h5-6,11-12,15H,3-4,7-10H2,1-2H3,(H4,23,24,25,26,28). The summed E-state index contributed by atoms with van der Waals surface area (Å²) in [5.74, 6) is -0.992. The van der Waals surface area contributed by atoms with Gasteiger partial charge in [0, 0.05) is 18.0 Å². The summed E-state index contributed by atoms with van der Waals surface area (Å²) in [6.45, 7) is 0.794. The van der Waals surface area contributed by atoms with E-state index in [4.69, 9.17) is 15.2 Å². The number of nitrogens with one attached hydrogen (secondary N) is 2. The zero-order valence-electron chi connectivity index (χ0n) is 19.0. The molecule has 1 saturated heterocycles. The van der Waals surface area contributed by atoms with Crippen LogP contribution in [0.1, 0.15) is 33.0 Å². The number of thiophene rings is 1. The summed E-state index contributed by atoms with van der Waals surface area (Å²) in [5, 5.41) is 3.18. The molecule has 34 heavy (non-hydrogen) atoms. The van der Waals surface area contributed by atoms with Crippen LogP contribution in [0.15, 0.2) is 16.9 Å². The van der Waals surface area contributed by atoms with Crippen molar-refractivity contribution in [2.75, 3.05) is 38.4 Å². The molecule has 12 heteroatoms. The molecular weight excluding hydrogens is 462 g/mol. The number of nitrogen functional groups attached to an aromatic ring is 1. The monoisotopic (exact) mass is 489 g/mol. The minimum atomic E-state index is -0.818. The lowest BCUT2D eigenvalue weighted by Gasteiger charge is -2.24. The number of esters is 2. The van der Waals surface area contributed by atoms with Crippen molar-refractivity contribution in [1.82, 2.24) is 14.9 Å². The van der Waals surface area contributed by atoms with Gasteiger partial charge in [-0.25, -0.2) is 4.79 Å². The molecule has 1 fully saturated rings. The van der Waals surface area contributed by atoms with Crippen LogP contribution in [0.5, 0.6) is 0 Å². The lowest BCUT2D eigenvalue weighted by Crippen LogP contribution is -2.40. The van der Waals surface area contributed by atoms with E-state index < -0.39 is 23.9 Å². The number of fused-ring (bicyclic) bond motifs is 1. The molecule has 3 unspecified atom stereocenters. The number of likely N-dealkylation sites (tertiary alicyclic amines) is 1.